The summed E-state index contributed by atoms with van der Waals surface area (Å²) in [5, 5.41) is 7.21. The third-order valence-electron chi connectivity index (χ3n) is 2.30. The molecule has 0 unspecified atom stereocenters. The lowest BCUT2D eigenvalue weighted by Gasteiger charge is -2.09. The van der Waals surface area contributed by atoms with Gasteiger partial charge < -0.3 is 10.1 Å². The molecule has 17 heavy (non-hydrogen) atoms. The van der Waals surface area contributed by atoms with E-state index in [9.17, 15) is 0 Å². The molecule has 4 N–H and O–H groups in total. The lowest BCUT2D eigenvalue weighted by atomic mass is 10.3. The molecular weight excluding hydrogens is 220 g/mol. The molecule has 0 saturated carbocycles. The van der Waals surface area contributed by atoms with Crippen LogP contribution in [0.1, 0.15) is 5.69 Å². The minimum atomic E-state index is 0.573. The minimum Gasteiger partial charge on any atom is -0.383 e. The van der Waals surface area contributed by atoms with Crippen molar-refractivity contribution in [3.8, 4) is 0 Å². The fourth-order valence-electron chi connectivity index (χ4n) is 1.36. The summed E-state index contributed by atoms with van der Waals surface area (Å²) in [6, 6.07) is 1.99. The van der Waals surface area contributed by atoms with Crippen molar-refractivity contribution in [3.05, 3.63) is 18.0 Å². The first kappa shape index (κ1) is 13.5. The second-order valence-electron chi connectivity index (χ2n) is 3.49. The van der Waals surface area contributed by atoms with E-state index in [4.69, 9.17) is 10.6 Å². The van der Waals surface area contributed by atoms with Crippen molar-refractivity contribution in [2.75, 3.05) is 26.8 Å². The van der Waals surface area contributed by atoms with E-state index in [1.807, 2.05) is 17.8 Å². The van der Waals surface area contributed by atoms with Crippen molar-refractivity contribution in [2.45, 2.75) is 6.42 Å². The Balaban J connectivity index is 2.28. The highest BCUT2D eigenvalue weighted by Gasteiger charge is 1.99. The zero-order valence-electron chi connectivity index (χ0n) is 10.3. The highest BCUT2D eigenvalue weighted by atomic mass is 16.5. The Kier molecular flexibility index (Phi) is 6.05. The van der Waals surface area contributed by atoms with Gasteiger partial charge in [-0.15, -0.1) is 0 Å². The van der Waals surface area contributed by atoms with Gasteiger partial charge in [0.1, 0.15) is 0 Å². The lowest BCUT2D eigenvalue weighted by Crippen LogP contribution is -2.42. The van der Waals surface area contributed by atoms with Crippen LogP contribution in [0.3, 0.4) is 0 Å². The molecule has 1 aromatic heterocycles. The van der Waals surface area contributed by atoms with Gasteiger partial charge in [-0.2, -0.15) is 5.10 Å². The van der Waals surface area contributed by atoms with Gasteiger partial charge in [0.05, 0.1) is 13.2 Å². The molecule has 0 spiro atoms. The summed E-state index contributed by atoms with van der Waals surface area (Å²) in [4.78, 5) is 4.20. The molecule has 0 aromatic carbocycles. The predicted octanol–water partition coefficient (Wildman–Crippen LogP) is -0.982. The molecule has 1 rings (SSSR count). The number of hydrazine groups is 1. The van der Waals surface area contributed by atoms with Gasteiger partial charge >= 0.3 is 0 Å². The normalized spacial score (nSPS) is 11.6. The average molecular weight is 240 g/mol. The van der Waals surface area contributed by atoms with Crippen LogP contribution in [0.25, 0.3) is 0 Å². The van der Waals surface area contributed by atoms with E-state index in [-0.39, 0.29) is 0 Å². The fourth-order valence-corrected chi connectivity index (χ4v) is 1.36. The van der Waals surface area contributed by atoms with Crippen molar-refractivity contribution in [1.82, 2.24) is 20.5 Å². The van der Waals surface area contributed by atoms with E-state index in [2.05, 4.69) is 20.8 Å². The summed E-state index contributed by atoms with van der Waals surface area (Å²) in [5.74, 6) is 5.92. The molecule has 0 amide bonds. The maximum Gasteiger partial charge on any atom is 0.205 e. The lowest BCUT2D eigenvalue weighted by molar-refractivity contribution is 0.208. The standard InChI is InChI=1S/C10H20N6O/c1-16-9(4-6-14-16)3-5-12-10(15-11)13-7-8-17-2/h4,6H,3,5,7-8,11H2,1-2H3,(H2,12,13,15). The second kappa shape index (κ2) is 7.64. The number of aryl methyl sites for hydroxylation is 1. The first-order valence-electron chi connectivity index (χ1n) is 5.48. The number of aliphatic imine (C=N–C) groups is 1. The van der Waals surface area contributed by atoms with Crippen LogP contribution >= 0.6 is 0 Å². The number of nitrogens with one attached hydrogen (secondary N) is 2. The summed E-state index contributed by atoms with van der Waals surface area (Å²) >= 11 is 0. The van der Waals surface area contributed by atoms with Crippen LogP contribution in [0.15, 0.2) is 17.3 Å². The first-order chi connectivity index (χ1) is 8.27. The van der Waals surface area contributed by atoms with E-state index in [1.165, 1.54) is 0 Å². The zero-order chi connectivity index (χ0) is 12.5. The summed E-state index contributed by atoms with van der Waals surface area (Å²) < 4.78 is 6.75. The third kappa shape index (κ3) is 4.83. The van der Waals surface area contributed by atoms with Crippen LogP contribution in [-0.4, -0.2) is 42.5 Å². The van der Waals surface area contributed by atoms with Crippen LogP contribution in [0, 0.1) is 0 Å². The molecule has 0 radical (unpaired) electrons. The fraction of sp³-hybridized carbons (Fsp3) is 0.600. The average Bonchev–Trinajstić information content (AvgIpc) is 2.73. The van der Waals surface area contributed by atoms with Crippen molar-refractivity contribution >= 4 is 5.96 Å². The summed E-state index contributed by atoms with van der Waals surface area (Å²) in [5.41, 5.74) is 3.67. The largest absolute Gasteiger partial charge is 0.383 e. The van der Waals surface area contributed by atoms with Crippen molar-refractivity contribution < 1.29 is 4.74 Å². The van der Waals surface area contributed by atoms with Crippen LogP contribution in [0.2, 0.25) is 0 Å². The molecule has 1 aromatic rings. The van der Waals surface area contributed by atoms with E-state index in [0.29, 0.717) is 19.1 Å². The summed E-state index contributed by atoms with van der Waals surface area (Å²) in [6.45, 7) is 1.90. The number of rotatable bonds is 6. The SMILES string of the molecule is COCCN=C(NN)NCCc1ccnn1C. The Morgan fingerprint density at radius 3 is 3.06 bits per heavy atom. The van der Waals surface area contributed by atoms with E-state index >= 15 is 0 Å². The number of hydrogen-bond acceptors (Lipinski definition) is 4. The Morgan fingerprint density at radius 1 is 1.65 bits per heavy atom. The molecule has 0 aliphatic rings. The number of hydrogen-bond donors (Lipinski definition) is 3. The van der Waals surface area contributed by atoms with Crippen LogP contribution in [0.4, 0.5) is 0 Å². The van der Waals surface area contributed by atoms with Crippen molar-refractivity contribution in [2.24, 2.45) is 17.9 Å². The summed E-state index contributed by atoms with van der Waals surface area (Å²) in [7, 11) is 3.56. The Morgan fingerprint density at radius 2 is 2.47 bits per heavy atom. The molecule has 0 bridgehead atoms. The highest BCUT2D eigenvalue weighted by molar-refractivity contribution is 5.79. The molecule has 0 saturated heterocycles. The van der Waals surface area contributed by atoms with Gasteiger partial charge in [-0.1, -0.05) is 0 Å². The molecule has 7 heteroatoms. The molecule has 0 atom stereocenters. The maximum absolute atomic E-state index is 5.34. The van der Waals surface area contributed by atoms with Gasteiger partial charge in [0, 0.05) is 39.0 Å². The molecule has 96 valence electrons. The third-order valence-corrected chi connectivity index (χ3v) is 2.30. The number of aromatic nitrogens is 2. The number of nitrogens with zero attached hydrogens (tertiary/aromatic N) is 3. The smallest absolute Gasteiger partial charge is 0.205 e. The number of guanidine groups is 1. The topological polar surface area (TPSA) is 89.5 Å². The zero-order valence-corrected chi connectivity index (χ0v) is 10.3. The Hall–Kier alpha value is -1.60. The van der Waals surface area contributed by atoms with Gasteiger partial charge in [0.2, 0.25) is 5.96 Å². The Bertz CT molecular complexity index is 348. The molecule has 0 fully saturated rings. The quantitative estimate of drug-likeness (QED) is 0.195. The first-order valence-corrected chi connectivity index (χ1v) is 5.48. The van der Waals surface area contributed by atoms with Gasteiger partial charge in [-0.05, 0) is 6.07 Å². The molecule has 1 heterocycles. The van der Waals surface area contributed by atoms with Gasteiger partial charge in [-0.3, -0.25) is 10.1 Å². The van der Waals surface area contributed by atoms with Crippen LogP contribution in [-0.2, 0) is 18.2 Å². The predicted molar refractivity (Wildman–Crippen MR) is 66.4 cm³/mol. The maximum atomic E-state index is 5.34. The summed E-state index contributed by atoms with van der Waals surface area (Å²) in [6.07, 6.45) is 2.64. The molecule has 0 aliphatic carbocycles. The van der Waals surface area contributed by atoms with E-state index in [1.54, 1.807) is 13.3 Å². The Labute approximate surface area is 101 Å². The molecule has 7 nitrogen and oxygen atoms in total. The van der Waals surface area contributed by atoms with E-state index < -0.39 is 0 Å². The number of ether oxygens (including phenoxy) is 1. The molecule has 0 aliphatic heterocycles. The number of nitrogens with two attached hydrogens (primary N) is 1. The van der Waals surface area contributed by atoms with Crippen molar-refractivity contribution in [1.29, 1.82) is 0 Å². The van der Waals surface area contributed by atoms with Gasteiger partial charge in [0.15, 0.2) is 0 Å². The van der Waals surface area contributed by atoms with E-state index in [0.717, 1.165) is 18.7 Å². The van der Waals surface area contributed by atoms with Crippen LogP contribution in [0.5, 0.6) is 0 Å². The van der Waals surface area contributed by atoms with Gasteiger partial charge in [-0.25, -0.2) is 10.8 Å². The second-order valence-corrected chi connectivity index (χ2v) is 3.49. The van der Waals surface area contributed by atoms with Crippen molar-refractivity contribution in [3.63, 3.8) is 0 Å². The van der Waals surface area contributed by atoms with Crippen LogP contribution < -0.4 is 16.6 Å². The van der Waals surface area contributed by atoms with Gasteiger partial charge in [0.25, 0.3) is 0 Å². The number of methoxy groups -OCH3 is 1. The highest BCUT2D eigenvalue weighted by Crippen LogP contribution is 1.95. The monoisotopic (exact) mass is 240 g/mol. The minimum absolute atomic E-state index is 0.573. The molecular formula is C10H20N6O.